The van der Waals surface area contributed by atoms with E-state index in [2.05, 4.69) is 38.0 Å². The second kappa shape index (κ2) is 5.11. The molecule has 1 N–H and O–H groups in total. The van der Waals surface area contributed by atoms with Crippen molar-refractivity contribution in [3.8, 4) is 5.75 Å². The molecule has 0 spiro atoms. The molecule has 6 nitrogen and oxygen atoms in total. The van der Waals surface area contributed by atoms with E-state index in [0.29, 0.717) is 17.2 Å². The van der Waals surface area contributed by atoms with Crippen LogP contribution in [0.15, 0.2) is 12.1 Å². The monoisotopic (exact) mass is 400 g/mol. The predicted octanol–water partition coefficient (Wildman–Crippen LogP) is 1.90. The molecule has 112 valence electrons. The number of fused-ring (bicyclic) bond motifs is 1. The van der Waals surface area contributed by atoms with Gasteiger partial charge in [-0.2, -0.15) is 0 Å². The summed E-state index contributed by atoms with van der Waals surface area (Å²) in [6, 6.07) is 3.89. The zero-order chi connectivity index (χ0) is 15.2. The minimum atomic E-state index is -0.565. The SMILES string of the molecule is COc1ccc(I)n2nc(C3(C(=O)NC(C)C)CC3)nc12. The lowest BCUT2D eigenvalue weighted by molar-refractivity contribution is -0.124. The summed E-state index contributed by atoms with van der Waals surface area (Å²) in [4.78, 5) is 17.0. The van der Waals surface area contributed by atoms with Gasteiger partial charge in [-0.1, -0.05) is 0 Å². The Bertz CT molecular complexity index is 706. The molecule has 3 rings (SSSR count). The summed E-state index contributed by atoms with van der Waals surface area (Å²) in [5.41, 5.74) is 0.0905. The Morgan fingerprint density at radius 1 is 1.48 bits per heavy atom. The van der Waals surface area contributed by atoms with E-state index in [9.17, 15) is 4.79 Å². The molecule has 0 unspecified atom stereocenters. The number of rotatable bonds is 4. The Kier molecular flexibility index (Phi) is 3.54. The van der Waals surface area contributed by atoms with Gasteiger partial charge >= 0.3 is 0 Å². The Morgan fingerprint density at radius 3 is 2.76 bits per heavy atom. The first-order valence-corrected chi connectivity index (χ1v) is 7.96. The topological polar surface area (TPSA) is 68.5 Å². The Hall–Kier alpha value is -1.38. The molecule has 1 aliphatic rings. The maximum absolute atomic E-state index is 12.4. The first-order valence-electron chi connectivity index (χ1n) is 6.88. The maximum atomic E-state index is 12.4. The van der Waals surface area contributed by atoms with Gasteiger partial charge in [-0.15, -0.1) is 5.10 Å². The number of amides is 1. The van der Waals surface area contributed by atoms with Gasteiger partial charge in [0.25, 0.3) is 0 Å². The number of hydrogen-bond acceptors (Lipinski definition) is 4. The fraction of sp³-hybridized carbons (Fsp3) is 0.500. The summed E-state index contributed by atoms with van der Waals surface area (Å²) in [6.07, 6.45) is 1.59. The molecular formula is C14H17IN4O2. The molecule has 0 bridgehead atoms. The number of halogens is 1. The molecule has 1 aliphatic carbocycles. The molecule has 2 aromatic heterocycles. The van der Waals surface area contributed by atoms with Gasteiger partial charge in [0.1, 0.15) is 9.12 Å². The highest BCUT2D eigenvalue weighted by atomic mass is 127. The van der Waals surface area contributed by atoms with Crippen LogP contribution in [0.2, 0.25) is 0 Å². The first kappa shape index (κ1) is 14.6. The number of nitrogens with zero attached hydrogens (tertiary/aromatic N) is 3. The lowest BCUT2D eigenvalue weighted by Gasteiger charge is -2.14. The highest BCUT2D eigenvalue weighted by Crippen LogP contribution is 2.47. The third kappa shape index (κ3) is 2.37. The fourth-order valence-electron chi connectivity index (χ4n) is 2.35. The highest BCUT2D eigenvalue weighted by Gasteiger charge is 2.55. The minimum Gasteiger partial charge on any atom is -0.493 e. The molecule has 0 radical (unpaired) electrons. The molecule has 7 heteroatoms. The standard InChI is InChI=1S/C14H17IN4O2/c1-8(2)16-13(20)14(6-7-14)12-17-11-9(21-3)4-5-10(15)19(11)18-12/h4-5,8H,6-7H2,1-3H3,(H,16,20). The second-order valence-electron chi connectivity index (χ2n) is 5.61. The molecule has 1 fully saturated rings. The van der Waals surface area contributed by atoms with Gasteiger partial charge in [-0.3, -0.25) is 4.79 Å². The van der Waals surface area contributed by atoms with Crippen molar-refractivity contribution in [1.29, 1.82) is 0 Å². The summed E-state index contributed by atoms with van der Waals surface area (Å²) >= 11 is 2.19. The molecule has 0 saturated heterocycles. The van der Waals surface area contributed by atoms with E-state index in [1.54, 1.807) is 11.6 Å². The molecule has 21 heavy (non-hydrogen) atoms. The van der Waals surface area contributed by atoms with E-state index in [1.165, 1.54) is 0 Å². The van der Waals surface area contributed by atoms with E-state index in [1.807, 2.05) is 26.0 Å². The van der Waals surface area contributed by atoms with Gasteiger partial charge in [0.05, 0.1) is 7.11 Å². The lowest BCUT2D eigenvalue weighted by atomic mass is 10.1. The molecule has 2 heterocycles. The molecule has 2 aromatic rings. The predicted molar refractivity (Wildman–Crippen MR) is 86.4 cm³/mol. The number of aromatic nitrogens is 3. The van der Waals surface area contributed by atoms with Gasteiger partial charge in [0.2, 0.25) is 5.91 Å². The van der Waals surface area contributed by atoms with E-state index in [4.69, 9.17) is 4.74 Å². The Morgan fingerprint density at radius 2 is 2.19 bits per heavy atom. The zero-order valence-corrected chi connectivity index (χ0v) is 14.3. The lowest BCUT2D eigenvalue weighted by Crippen LogP contribution is -2.39. The highest BCUT2D eigenvalue weighted by molar-refractivity contribution is 14.1. The van der Waals surface area contributed by atoms with E-state index in [-0.39, 0.29) is 11.9 Å². The average molecular weight is 400 g/mol. The van der Waals surface area contributed by atoms with Crippen LogP contribution in [0.4, 0.5) is 0 Å². The van der Waals surface area contributed by atoms with Crippen molar-refractivity contribution in [2.45, 2.75) is 38.1 Å². The average Bonchev–Trinajstić information content (AvgIpc) is 3.12. The van der Waals surface area contributed by atoms with Crippen LogP contribution in [0.3, 0.4) is 0 Å². The Labute approximate surface area is 136 Å². The van der Waals surface area contributed by atoms with Crippen LogP contribution in [-0.4, -0.2) is 33.7 Å². The van der Waals surface area contributed by atoms with Crippen LogP contribution in [0, 0.1) is 3.70 Å². The molecule has 0 aromatic carbocycles. The smallest absolute Gasteiger partial charge is 0.234 e. The van der Waals surface area contributed by atoms with Gasteiger partial charge in [0, 0.05) is 6.04 Å². The number of ether oxygens (including phenoxy) is 1. The number of carbonyl (C=O) groups is 1. The van der Waals surface area contributed by atoms with Crippen molar-refractivity contribution >= 4 is 34.1 Å². The summed E-state index contributed by atoms with van der Waals surface area (Å²) in [7, 11) is 1.61. The normalized spacial score (nSPS) is 16.2. The summed E-state index contributed by atoms with van der Waals surface area (Å²) in [6.45, 7) is 3.91. The number of carbonyl (C=O) groups excluding carboxylic acids is 1. The third-order valence-corrected chi connectivity index (χ3v) is 4.47. The van der Waals surface area contributed by atoms with Crippen molar-refractivity contribution in [1.82, 2.24) is 19.9 Å². The summed E-state index contributed by atoms with van der Waals surface area (Å²) in [5.74, 6) is 1.26. The number of pyridine rings is 1. The molecular weight excluding hydrogens is 383 g/mol. The van der Waals surface area contributed by atoms with Crippen LogP contribution in [0.25, 0.3) is 5.65 Å². The maximum Gasteiger partial charge on any atom is 0.234 e. The van der Waals surface area contributed by atoms with Crippen LogP contribution < -0.4 is 10.1 Å². The van der Waals surface area contributed by atoms with Crippen LogP contribution in [-0.2, 0) is 10.2 Å². The number of nitrogens with one attached hydrogen (secondary N) is 1. The van der Waals surface area contributed by atoms with Crippen molar-refractivity contribution < 1.29 is 9.53 Å². The van der Waals surface area contributed by atoms with Gasteiger partial charge < -0.3 is 10.1 Å². The third-order valence-electron chi connectivity index (χ3n) is 3.65. The quantitative estimate of drug-likeness (QED) is 0.629. The van der Waals surface area contributed by atoms with E-state index < -0.39 is 5.41 Å². The second-order valence-corrected chi connectivity index (χ2v) is 6.71. The van der Waals surface area contributed by atoms with Gasteiger partial charge in [0.15, 0.2) is 17.2 Å². The van der Waals surface area contributed by atoms with Gasteiger partial charge in [-0.25, -0.2) is 9.50 Å². The minimum absolute atomic E-state index is 0.0161. The molecule has 1 amide bonds. The number of hydrogen-bond donors (Lipinski definition) is 1. The molecule has 0 aliphatic heterocycles. The van der Waals surface area contributed by atoms with Crippen molar-refractivity contribution in [2.75, 3.05) is 7.11 Å². The van der Waals surface area contributed by atoms with Crippen LogP contribution in [0.1, 0.15) is 32.5 Å². The van der Waals surface area contributed by atoms with Crippen molar-refractivity contribution in [3.05, 3.63) is 21.7 Å². The first-order chi connectivity index (χ1) is 9.98. The van der Waals surface area contributed by atoms with Crippen LogP contribution >= 0.6 is 22.6 Å². The number of methoxy groups -OCH3 is 1. The van der Waals surface area contributed by atoms with Gasteiger partial charge in [-0.05, 0) is 61.4 Å². The summed E-state index contributed by atoms with van der Waals surface area (Å²) in [5, 5.41) is 7.51. The van der Waals surface area contributed by atoms with E-state index in [0.717, 1.165) is 16.5 Å². The van der Waals surface area contributed by atoms with E-state index >= 15 is 0 Å². The molecule has 1 saturated carbocycles. The fourth-order valence-corrected chi connectivity index (χ4v) is 2.87. The Balaban J connectivity index is 2.06. The summed E-state index contributed by atoms with van der Waals surface area (Å²) < 4.78 is 7.99. The van der Waals surface area contributed by atoms with Crippen molar-refractivity contribution in [3.63, 3.8) is 0 Å². The largest absolute Gasteiger partial charge is 0.493 e. The molecule has 0 atom stereocenters. The van der Waals surface area contributed by atoms with Crippen molar-refractivity contribution in [2.24, 2.45) is 0 Å². The van der Waals surface area contributed by atoms with Crippen LogP contribution in [0.5, 0.6) is 5.75 Å². The zero-order valence-electron chi connectivity index (χ0n) is 12.2.